The van der Waals surface area contributed by atoms with Crippen molar-refractivity contribution in [1.29, 1.82) is 0 Å². The molecule has 1 aliphatic carbocycles. The number of fused-ring (bicyclic) bond motifs is 2. The zero-order valence-corrected chi connectivity index (χ0v) is 11.7. The molecular formula is C14H14Cl2N2. The number of nitrogens with zero attached hydrogens (tertiary/aromatic N) is 1. The number of nitrogens with two attached hydrogens (primary N) is 1. The molecule has 1 heterocycles. The zero-order chi connectivity index (χ0) is 12.9. The van der Waals surface area contributed by atoms with Crippen LogP contribution in [0.1, 0.15) is 29.7 Å². The number of pyridine rings is 1. The Hall–Kier alpha value is -0.990. The van der Waals surface area contributed by atoms with E-state index >= 15 is 0 Å². The van der Waals surface area contributed by atoms with Gasteiger partial charge in [-0.1, -0.05) is 23.2 Å². The van der Waals surface area contributed by atoms with Crippen molar-refractivity contribution in [2.24, 2.45) is 0 Å². The molecule has 0 saturated heterocycles. The van der Waals surface area contributed by atoms with Crippen molar-refractivity contribution in [3.05, 3.63) is 32.9 Å². The third-order valence-electron chi connectivity index (χ3n) is 3.65. The number of anilines is 1. The van der Waals surface area contributed by atoms with Crippen LogP contribution in [-0.2, 0) is 12.8 Å². The van der Waals surface area contributed by atoms with Crippen molar-refractivity contribution in [2.75, 3.05) is 5.73 Å². The number of hydrogen-bond acceptors (Lipinski definition) is 2. The number of hydrogen-bond donors (Lipinski definition) is 1. The van der Waals surface area contributed by atoms with E-state index in [2.05, 4.69) is 4.98 Å². The van der Waals surface area contributed by atoms with Crippen LogP contribution in [0, 0.1) is 6.92 Å². The van der Waals surface area contributed by atoms with Gasteiger partial charge in [-0.05, 0) is 49.8 Å². The predicted molar refractivity (Wildman–Crippen MR) is 77.6 cm³/mol. The van der Waals surface area contributed by atoms with Crippen LogP contribution in [0.4, 0.5) is 5.69 Å². The number of aromatic nitrogens is 1. The molecule has 94 valence electrons. The van der Waals surface area contributed by atoms with Crippen molar-refractivity contribution in [3.63, 3.8) is 0 Å². The second-order valence-corrected chi connectivity index (χ2v) is 5.66. The molecule has 4 heteroatoms. The molecule has 0 unspecified atom stereocenters. The highest BCUT2D eigenvalue weighted by Crippen LogP contribution is 2.39. The molecule has 0 saturated carbocycles. The van der Waals surface area contributed by atoms with Gasteiger partial charge in [0, 0.05) is 16.8 Å². The first-order valence-electron chi connectivity index (χ1n) is 6.15. The predicted octanol–water partition coefficient (Wildman–Crippen LogP) is 4.31. The maximum Gasteiger partial charge on any atom is 0.0927 e. The molecule has 2 nitrogen and oxygen atoms in total. The van der Waals surface area contributed by atoms with Crippen LogP contribution >= 0.6 is 23.2 Å². The van der Waals surface area contributed by atoms with E-state index in [4.69, 9.17) is 28.9 Å². The molecule has 2 N–H and O–H groups in total. The van der Waals surface area contributed by atoms with Gasteiger partial charge < -0.3 is 5.73 Å². The molecule has 0 aliphatic heterocycles. The average molecular weight is 281 g/mol. The Kier molecular flexibility index (Phi) is 2.87. The summed E-state index contributed by atoms with van der Waals surface area (Å²) in [5.74, 6) is 0. The van der Waals surface area contributed by atoms with Gasteiger partial charge >= 0.3 is 0 Å². The largest absolute Gasteiger partial charge is 0.398 e. The topological polar surface area (TPSA) is 38.9 Å². The monoisotopic (exact) mass is 280 g/mol. The second-order valence-electron chi connectivity index (χ2n) is 4.87. The highest BCUT2D eigenvalue weighted by molar-refractivity contribution is 6.41. The van der Waals surface area contributed by atoms with Crippen LogP contribution in [0.3, 0.4) is 0 Å². The van der Waals surface area contributed by atoms with E-state index < -0.39 is 0 Å². The number of rotatable bonds is 0. The van der Waals surface area contributed by atoms with Crippen molar-refractivity contribution in [2.45, 2.75) is 32.6 Å². The van der Waals surface area contributed by atoms with Crippen molar-refractivity contribution in [3.8, 4) is 0 Å². The zero-order valence-electron chi connectivity index (χ0n) is 10.2. The number of halogens is 2. The molecule has 0 spiro atoms. The minimum absolute atomic E-state index is 0.631. The molecule has 0 bridgehead atoms. The van der Waals surface area contributed by atoms with Crippen molar-refractivity contribution < 1.29 is 0 Å². The Morgan fingerprint density at radius 2 is 1.94 bits per heavy atom. The SMILES string of the molecule is Cc1cc(Cl)c2nc3c(c(N)c2c1Cl)CCCC3. The van der Waals surface area contributed by atoms with Crippen LogP contribution in [0.2, 0.25) is 10.0 Å². The van der Waals surface area contributed by atoms with Crippen LogP contribution in [0.15, 0.2) is 6.07 Å². The molecule has 1 aromatic carbocycles. The van der Waals surface area contributed by atoms with Crippen molar-refractivity contribution >= 4 is 39.8 Å². The first-order chi connectivity index (χ1) is 8.59. The molecule has 0 fully saturated rings. The molecule has 0 atom stereocenters. The Bertz CT molecular complexity index is 650. The molecule has 2 aromatic rings. The lowest BCUT2D eigenvalue weighted by atomic mass is 9.92. The van der Waals surface area contributed by atoms with Gasteiger partial charge in [-0.3, -0.25) is 4.98 Å². The molecule has 18 heavy (non-hydrogen) atoms. The fourth-order valence-corrected chi connectivity index (χ4v) is 3.23. The van der Waals surface area contributed by atoms with Gasteiger partial charge in [-0.25, -0.2) is 0 Å². The van der Waals surface area contributed by atoms with Crippen molar-refractivity contribution in [1.82, 2.24) is 4.98 Å². The van der Waals surface area contributed by atoms with Crippen LogP contribution in [0.5, 0.6) is 0 Å². The lowest BCUT2D eigenvalue weighted by molar-refractivity contribution is 0.673. The van der Waals surface area contributed by atoms with E-state index in [0.29, 0.717) is 10.0 Å². The fourth-order valence-electron chi connectivity index (χ4n) is 2.69. The Morgan fingerprint density at radius 1 is 1.22 bits per heavy atom. The minimum Gasteiger partial charge on any atom is -0.398 e. The molecule has 1 aromatic heterocycles. The summed E-state index contributed by atoms with van der Waals surface area (Å²) in [6.07, 6.45) is 4.31. The van der Waals surface area contributed by atoms with Gasteiger partial charge in [0.1, 0.15) is 0 Å². The fraction of sp³-hybridized carbons (Fsp3) is 0.357. The van der Waals surface area contributed by atoms with Crippen LogP contribution < -0.4 is 5.73 Å². The summed E-state index contributed by atoms with van der Waals surface area (Å²) in [7, 11) is 0. The highest BCUT2D eigenvalue weighted by Gasteiger charge is 2.20. The van der Waals surface area contributed by atoms with Gasteiger partial charge in [0.2, 0.25) is 0 Å². The summed E-state index contributed by atoms with van der Waals surface area (Å²) in [6, 6.07) is 1.86. The highest BCUT2D eigenvalue weighted by atomic mass is 35.5. The summed E-state index contributed by atoms with van der Waals surface area (Å²) in [5, 5.41) is 2.13. The maximum atomic E-state index is 6.37. The number of benzene rings is 1. The standard InChI is InChI=1S/C14H14Cl2N2/c1-7-6-9(15)14-11(12(7)16)13(17)8-4-2-3-5-10(8)18-14/h6H,2-5H2,1H3,(H2,17,18). The lowest BCUT2D eigenvalue weighted by Crippen LogP contribution is -2.10. The quantitative estimate of drug-likeness (QED) is 0.781. The molecule has 3 rings (SSSR count). The van der Waals surface area contributed by atoms with E-state index in [9.17, 15) is 0 Å². The van der Waals surface area contributed by atoms with Crippen LogP contribution in [-0.4, -0.2) is 4.98 Å². The Labute approximate surface area is 116 Å². The average Bonchev–Trinajstić information content (AvgIpc) is 2.36. The summed E-state index contributed by atoms with van der Waals surface area (Å²) >= 11 is 12.6. The summed E-state index contributed by atoms with van der Waals surface area (Å²) in [5.41, 5.74) is 11.0. The van der Waals surface area contributed by atoms with Gasteiger partial charge in [0.25, 0.3) is 0 Å². The smallest absolute Gasteiger partial charge is 0.0927 e. The van der Waals surface area contributed by atoms with E-state index in [0.717, 1.165) is 46.3 Å². The molecule has 0 amide bonds. The minimum atomic E-state index is 0.631. The maximum absolute atomic E-state index is 6.37. The second kappa shape index (κ2) is 4.29. The first-order valence-corrected chi connectivity index (χ1v) is 6.90. The molecular weight excluding hydrogens is 267 g/mol. The number of aryl methyl sites for hydroxylation is 2. The lowest BCUT2D eigenvalue weighted by Gasteiger charge is -2.20. The molecule has 1 aliphatic rings. The van der Waals surface area contributed by atoms with Gasteiger partial charge in [-0.2, -0.15) is 0 Å². The molecule has 0 radical (unpaired) electrons. The third-order valence-corrected chi connectivity index (χ3v) is 4.43. The Balaban J connectivity index is 2.46. The normalized spacial score (nSPS) is 14.8. The van der Waals surface area contributed by atoms with E-state index in [1.165, 1.54) is 12.8 Å². The van der Waals surface area contributed by atoms with E-state index in [1.54, 1.807) is 0 Å². The summed E-state index contributed by atoms with van der Waals surface area (Å²) in [6.45, 7) is 1.94. The third kappa shape index (κ3) is 1.67. The van der Waals surface area contributed by atoms with Gasteiger partial charge in [0.15, 0.2) is 0 Å². The van der Waals surface area contributed by atoms with Gasteiger partial charge in [-0.15, -0.1) is 0 Å². The summed E-state index contributed by atoms with van der Waals surface area (Å²) < 4.78 is 0. The van der Waals surface area contributed by atoms with Gasteiger partial charge in [0.05, 0.1) is 15.6 Å². The first kappa shape index (κ1) is 12.1. The number of nitrogen functional groups attached to an aromatic ring is 1. The summed E-state index contributed by atoms with van der Waals surface area (Å²) in [4.78, 5) is 4.68. The van der Waals surface area contributed by atoms with Crippen LogP contribution in [0.25, 0.3) is 10.9 Å². The Morgan fingerprint density at radius 3 is 2.72 bits per heavy atom. The van der Waals surface area contributed by atoms with E-state index in [1.807, 2.05) is 13.0 Å². The van der Waals surface area contributed by atoms with E-state index in [-0.39, 0.29) is 0 Å².